The van der Waals surface area contributed by atoms with Crippen LogP contribution in [0.3, 0.4) is 0 Å². The first-order valence-electron chi connectivity index (χ1n) is 8.87. The van der Waals surface area contributed by atoms with Gasteiger partial charge < -0.3 is 15.1 Å². The van der Waals surface area contributed by atoms with Crippen molar-refractivity contribution in [2.45, 2.75) is 34.2 Å². The van der Waals surface area contributed by atoms with E-state index in [2.05, 4.69) is 85.3 Å². The molecule has 0 aromatic heterocycles. The van der Waals surface area contributed by atoms with Crippen LogP contribution in [0.1, 0.15) is 30.5 Å². The normalized spacial score (nSPS) is 10.4. The Balaban J connectivity index is 1.97. The molecule has 0 unspecified atom stereocenters. The van der Waals surface area contributed by atoms with Crippen molar-refractivity contribution in [2.24, 2.45) is 0 Å². The van der Waals surface area contributed by atoms with Gasteiger partial charge in [-0.25, -0.2) is 0 Å². The van der Waals surface area contributed by atoms with Crippen LogP contribution >= 0.6 is 12.2 Å². The SMILES string of the molecule is CCN(CC)c1ccc(CN(C)C(=S)Nc2ccc(C)c(C)c2)cc1. The van der Waals surface area contributed by atoms with Gasteiger partial charge in [-0.05, 0) is 80.9 Å². The fourth-order valence-electron chi connectivity index (χ4n) is 2.78. The molecule has 0 heterocycles. The second-order valence-corrected chi connectivity index (χ2v) is 6.81. The minimum absolute atomic E-state index is 0.732. The van der Waals surface area contributed by atoms with Crippen LogP contribution in [-0.4, -0.2) is 30.1 Å². The van der Waals surface area contributed by atoms with Gasteiger partial charge in [0.2, 0.25) is 0 Å². The van der Waals surface area contributed by atoms with Crippen LogP contribution in [0, 0.1) is 13.8 Å². The number of nitrogens with zero attached hydrogens (tertiary/aromatic N) is 2. The van der Waals surface area contributed by atoms with Crippen LogP contribution < -0.4 is 10.2 Å². The molecule has 0 fully saturated rings. The average molecular weight is 356 g/mol. The number of aryl methyl sites for hydroxylation is 2. The zero-order valence-electron chi connectivity index (χ0n) is 16.0. The molecule has 2 rings (SSSR count). The third-order valence-electron chi connectivity index (χ3n) is 4.59. The predicted molar refractivity (Wildman–Crippen MR) is 114 cm³/mol. The summed E-state index contributed by atoms with van der Waals surface area (Å²) in [6.45, 7) is 11.4. The largest absolute Gasteiger partial charge is 0.372 e. The summed E-state index contributed by atoms with van der Waals surface area (Å²) >= 11 is 5.55. The lowest BCUT2D eigenvalue weighted by atomic mass is 10.1. The minimum atomic E-state index is 0.732. The van der Waals surface area contributed by atoms with E-state index in [1.54, 1.807) is 0 Å². The van der Waals surface area contributed by atoms with Crippen molar-refractivity contribution in [3.63, 3.8) is 0 Å². The average Bonchev–Trinajstić information content (AvgIpc) is 2.60. The molecule has 0 atom stereocenters. The highest BCUT2D eigenvalue weighted by molar-refractivity contribution is 7.80. The first kappa shape index (κ1) is 19.3. The van der Waals surface area contributed by atoms with Crippen molar-refractivity contribution in [1.82, 2.24) is 4.90 Å². The molecule has 0 radical (unpaired) electrons. The van der Waals surface area contributed by atoms with E-state index in [1.807, 2.05) is 7.05 Å². The lowest BCUT2D eigenvalue weighted by Gasteiger charge is -2.23. The van der Waals surface area contributed by atoms with Gasteiger partial charge in [0.1, 0.15) is 0 Å². The number of hydrogen-bond donors (Lipinski definition) is 1. The van der Waals surface area contributed by atoms with E-state index < -0.39 is 0 Å². The molecule has 0 bridgehead atoms. The molecule has 0 saturated heterocycles. The number of nitrogens with one attached hydrogen (secondary N) is 1. The highest BCUT2D eigenvalue weighted by Crippen LogP contribution is 2.17. The van der Waals surface area contributed by atoms with E-state index in [4.69, 9.17) is 12.2 Å². The maximum Gasteiger partial charge on any atom is 0.173 e. The number of anilines is 2. The molecular formula is C21H29N3S. The standard InChI is InChI=1S/C21H29N3S/c1-6-24(7-2)20-12-9-18(10-13-20)15-23(5)21(25)22-19-11-8-16(3)17(4)14-19/h8-14H,6-7,15H2,1-5H3,(H,22,25). The minimum Gasteiger partial charge on any atom is -0.372 e. The Morgan fingerprint density at radius 2 is 1.60 bits per heavy atom. The molecular weight excluding hydrogens is 326 g/mol. The zero-order chi connectivity index (χ0) is 18.4. The van der Waals surface area contributed by atoms with E-state index in [0.29, 0.717) is 0 Å². The molecule has 0 spiro atoms. The molecule has 0 saturated carbocycles. The van der Waals surface area contributed by atoms with Gasteiger partial charge in [0.25, 0.3) is 0 Å². The van der Waals surface area contributed by atoms with Gasteiger partial charge in [-0.15, -0.1) is 0 Å². The monoisotopic (exact) mass is 355 g/mol. The van der Waals surface area contributed by atoms with Crippen molar-refractivity contribution in [1.29, 1.82) is 0 Å². The molecule has 2 aromatic rings. The second kappa shape index (κ2) is 8.86. The summed E-state index contributed by atoms with van der Waals surface area (Å²) in [5.41, 5.74) is 6.12. The predicted octanol–water partition coefficient (Wildman–Crippen LogP) is 4.98. The summed E-state index contributed by atoms with van der Waals surface area (Å²) in [5.74, 6) is 0. The maximum atomic E-state index is 5.55. The second-order valence-electron chi connectivity index (χ2n) is 6.42. The van der Waals surface area contributed by atoms with Crippen LogP contribution in [-0.2, 0) is 6.54 Å². The zero-order valence-corrected chi connectivity index (χ0v) is 16.8. The Hall–Kier alpha value is -2.07. The summed E-state index contributed by atoms with van der Waals surface area (Å²) in [6.07, 6.45) is 0. The van der Waals surface area contributed by atoms with Crippen LogP contribution in [0.2, 0.25) is 0 Å². The van der Waals surface area contributed by atoms with Gasteiger partial charge >= 0.3 is 0 Å². The molecule has 2 aromatic carbocycles. The summed E-state index contributed by atoms with van der Waals surface area (Å²) in [6, 6.07) is 15.1. The number of thiocarbonyl (C=S) groups is 1. The van der Waals surface area contributed by atoms with Gasteiger partial charge in [0.05, 0.1) is 0 Å². The summed E-state index contributed by atoms with van der Waals surface area (Å²) < 4.78 is 0. The lowest BCUT2D eigenvalue weighted by Crippen LogP contribution is -2.30. The quantitative estimate of drug-likeness (QED) is 0.736. The smallest absolute Gasteiger partial charge is 0.173 e. The Morgan fingerprint density at radius 3 is 2.16 bits per heavy atom. The first-order chi connectivity index (χ1) is 11.9. The van der Waals surface area contributed by atoms with Crippen molar-refractivity contribution < 1.29 is 0 Å². The number of benzene rings is 2. The summed E-state index contributed by atoms with van der Waals surface area (Å²) in [7, 11) is 2.02. The van der Waals surface area contributed by atoms with Gasteiger partial charge in [0.15, 0.2) is 5.11 Å². The van der Waals surface area contributed by atoms with Crippen molar-refractivity contribution >= 4 is 28.7 Å². The molecule has 1 N–H and O–H groups in total. The summed E-state index contributed by atoms with van der Waals surface area (Å²) in [5, 5.41) is 4.06. The molecule has 4 heteroatoms. The van der Waals surface area contributed by atoms with Crippen LogP contribution in [0.5, 0.6) is 0 Å². The molecule has 0 amide bonds. The van der Waals surface area contributed by atoms with Crippen molar-refractivity contribution in [3.8, 4) is 0 Å². The van der Waals surface area contributed by atoms with E-state index in [1.165, 1.54) is 22.4 Å². The van der Waals surface area contributed by atoms with E-state index >= 15 is 0 Å². The number of rotatable bonds is 6. The Bertz CT molecular complexity index is 706. The Morgan fingerprint density at radius 1 is 0.960 bits per heavy atom. The third-order valence-corrected chi connectivity index (χ3v) is 5.00. The van der Waals surface area contributed by atoms with Crippen molar-refractivity contribution in [2.75, 3.05) is 30.4 Å². The maximum absolute atomic E-state index is 5.55. The van der Waals surface area contributed by atoms with Gasteiger partial charge in [-0.1, -0.05) is 18.2 Å². The number of hydrogen-bond acceptors (Lipinski definition) is 2. The highest BCUT2D eigenvalue weighted by Gasteiger charge is 2.07. The van der Waals surface area contributed by atoms with E-state index in [9.17, 15) is 0 Å². The molecule has 25 heavy (non-hydrogen) atoms. The Labute approximate surface area is 157 Å². The molecule has 0 aliphatic rings. The Kier molecular flexibility index (Phi) is 6.82. The van der Waals surface area contributed by atoms with Crippen LogP contribution in [0.15, 0.2) is 42.5 Å². The first-order valence-corrected chi connectivity index (χ1v) is 9.28. The summed E-state index contributed by atoms with van der Waals surface area (Å²) in [4.78, 5) is 4.41. The fraction of sp³-hybridized carbons (Fsp3) is 0.381. The molecule has 0 aliphatic carbocycles. The third kappa shape index (κ3) is 5.20. The van der Waals surface area contributed by atoms with Crippen LogP contribution in [0.25, 0.3) is 0 Å². The van der Waals surface area contributed by atoms with E-state index in [-0.39, 0.29) is 0 Å². The van der Waals surface area contributed by atoms with Crippen molar-refractivity contribution in [3.05, 3.63) is 59.2 Å². The van der Waals surface area contributed by atoms with Gasteiger partial charge in [-0.2, -0.15) is 0 Å². The van der Waals surface area contributed by atoms with Gasteiger partial charge in [0, 0.05) is 38.1 Å². The van der Waals surface area contributed by atoms with Crippen LogP contribution in [0.4, 0.5) is 11.4 Å². The van der Waals surface area contributed by atoms with E-state index in [0.717, 1.165) is 30.4 Å². The lowest BCUT2D eigenvalue weighted by molar-refractivity contribution is 0.508. The molecule has 3 nitrogen and oxygen atoms in total. The molecule has 134 valence electrons. The molecule has 0 aliphatic heterocycles. The van der Waals surface area contributed by atoms with Gasteiger partial charge in [-0.3, -0.25) is 0 Å². The fourth-order valence-corrected chi connectivity index (χ4v) is 2.97. The topological polar surface area (TPSA) is 18.5 Å². The highest BCUT2D eigenvalue weighted by atomic mass is 32.1.